The molecular formula is C19H18N2O4S2. The van der Waals surface area contributed by atoms with E-state index in [1.54, 1.807) is 18.2 Å². The standard InChI is InChI=1S/C19H18N2O4S2/c1-27(24)16-9-5-3-7-13(16)19(23)25-11-17(22)21-18-14(10-20)12-6-2-4-8-15(12)26-18/h3,5,7,9H,2,4,6,8,11H2,1H3,(H,21,22)/t27-/m0/s1. The molecule has 1 atom stereocenters. The summed E-state index contributed by atoms with van der Waals surface area (Å²) in [4.78, 5) is 25.9. The Hall–Kier alpha value is -2.50. The van der Waals surface area contributed by atoms with Crippen molar-refractivity contribution in [2.45, 2.75) is 30.6 Å². The second-order valence-corrected chi connectivity index (χ2v) is 8.55. The number of rotatable bonds is 5. The van der Waals surface area contributed by atoms with Crippen LogP contribution < -0.4 is 5.32 Å². The highest BCUT2D eigenvalue weighted by molar-refractivity contribution is 7.84. The zero-order valence-electron chi connectivity index (χ0n) is 14.7. The first-order chi connectivity index (χ1) is 13.0. The Bertz CT molecular complexity index is 959. The van der Waals surface area contributed by atoms with Crippen molar-refractivity contribution in [2.75, 3.05) is 18.2 Å². The fourth-order valence-electron chi connectivity index (χ4n) is 3.03. The van der Waals surface area contributed by atoms with Gasteiger partial charge in [0, 0.05) is 11.1 Å². The molecule has 0 radical (unpaired) electrons. The second-order valence-electron chi connectivity index (χ2n) is 6.10. The number of nitriles is 1. The van der Waals surface area contributed by atoms with Gasteiger partial charge in [0.25, 0.3) is 5.91 Å². The molecule has 1 N–H and O–H groups in total. The number of fused-ring (bicyclic) bond motifs is 1. The first-order valence-corrected chi connectivity index (χ1v) is 10.8. The van der Waals surface area contributed by atoms with Gasteiger partial charge in [-0.2, -0.15) is 5.26 Å². The molecule has 0 fully saturated rings. The summed E-state index contributed by atoms with van der Waals surface area (Å²) in [6.07, 6.45) is 5.37. The van der Waals surface area contributed by atoms with Crippen LogP contribution in [-0.2, 0) is 33.2 Å². The number of carbonyl (C=O) groups excluding carboxylic acids is 2. The number of esters is 1. The van der Waals surface area contributed by atoms with E-state index in [4.69, 9.17) is 4.74 Å². The molecule has 27 heavy (non-hydrogen) atoms. The summed E-state index contributed by atoms with van der Waals surface area (Å²) < 4.78 is 16.8. The largest absolute Gasteiger partial charge is 0.452 e. The molecule has 8 heteroatoms. The van der Waals surface area contributed by atoms with Crippen LogP contribution in [0.2, 0.25) is 0 Å². The number of thiophene rings is 1. The molecule has 1 heterocycles. The number of benzene rings is 1. The van der Waals surface area contributed by atoms with E-state index >= 15 is 0 Å². The summed E-state index contributed by atoms with van der Waals surface area (Å²) in [6.45, 7) is -0.475. The lowest BCUT2D eigenvalue weighted by molar-refractivity contribution is -0.119. The Kier molecular flexibility index (Phi) is 6.04. The molecule has 0 aliphatic heterocycles. The van der Waals surface area contributed by atoms with Crippen LogP contribution in [0, 0.1) is 11.3 Å². The lowest BCUT2D eigenvalue weighted by atomic mass is 9.96. The topological polar surface area (TPSA) is 96.3 Å². The summed E-state index contributed by atoms with van der Waals surface area (Å²) in [5, 5.41) is 12.6. The van der Waals surface area contributed by atoms with E-state index in [1.165, 1.54) is 23.7 Å². The van der Waals surface area contributed by atoms with Crippen molar-refractivity contribution in [3.8, 4) is 6.07 Å². The van der Waals surface area contributed by atoms with Crippen LogP contribution in [0.4, 0.5) is 5.00 Å². The van der Waals surface area contributed by atoms with Crippen molar-refractivity contribution in [3.63, 3.8) is 0 Å². The monoisotopic (exact) mass is 402 g/mol. The number of aryl methyl sites for hydroxylation is 1. The number of amides is 1. The molecule has 1 aromatic heterocycles. The number of nitrogens with zero attached hydrogens (tertiary/aromatic N) is 1. The molecule has 2 aromatic rings. The molecule has 0 saturated carbocycles. The van der Waals surface area contributed by atoms with E-state index in [1.807, 2.05) is 0 Å². The molecule has 0 bridgehead atoms. The van der Waals surface area contributed by atoms with Crippen molar-refractivity contribution >= 4 is 39.0 Å². The minimum atomic E-state index is -1.34. The number of hydrogen-bond acceptors (Lipinski definition) is 6. The summed E-state index contributed by atoms with van der Waals surface area (Å²) in [7, 11) is -1.34. The summed E-state index contributed by atoms with van der Waals surface area (Å²) in [6, 6.07) is 8.60. The Morgan fingerprint density at radius 2 is 2.04 bits per heavy atom. The summed E-state index contributed by atoms with van der Waals surface area (Å²) in [5.74, 6) is -1.21. The Morgan fingerprint density at radius 1 is 1.30 bits per heavy atom. The van der Waals surface area contributed by atoms with Crippen LogP contribution in [-0.4, -0.2) is 28.9 Å². The van der Waals surface area contributed by atoms with Crippen LogP contribution in [0.3, 0.4) is 0 Å². The fourth-order valence-corrected chi connectivity index (χ4v) is 5.02. The van der Waals surface area contributed by atoms with E-state index in [0.29, 0.717) is 15.5 Å². The highest BCUT2D eigenvalue weighted by Crippen LogP contribution is 2.37. The van der Waals surface area contributed by atoms with Crippen LogP contribution in [0.5, 0.6) is 0 Å². The van der Waals surface area contributed by atoms with Crippen molar-refractivity contribution in [2.24, 2.45) is 0 Å². The average Bonchev–Trinajstić information content (AvgIpc) is 3.02. The van der Waals surface area contributed by atoms with Gasteiger partial charge in [-0.25, -0.2) is 4.79 Å². The van der Waals surface area contributed by atoms with Gasteiger partial charge in [0.1, 0.15) is 11.1 Å². The normalized spacial score (nSPS) is 13.9. The minimum absolute atomic E-state index is 0.176. The van der Waals surface area contributed by atoms with Gasteiger partial charge >= 0.3 is 5.97 Å². The minimum Gasteiger partial charge on any atom is -0.452 e. The molecule has 0 spiro atoms. The highest BCUT2D eigenvalue weighted by Gasteiger charge is 2.22. The molecule has 1 aliphatic rings. The first-order valence-electron chi connectivity index (χ1n) is 8.45. The Balaban J connectivity index is 1.66. The summed E-state index contributed by atoms with van der Waals surface area (Å²) >= 11 is 1.42. The van der Waals surface area contributed by atoms with E-state index in [9.17, 15) is 19.1 Å². The van der Waals surface area contributed by atoms with Crippen LogP contribution >= 0.6 is 11.3 Å². The molecule has 1 aromatic carbocycles. The van der Waals surface area contributed by atoms with Crippen LogP contribution in [0.1, 0.15) is 39.2 Å². The van der Waals surface area contributed by atoms with Gasteiger partial charge in [0.15, 0.2) is 6.61 Å². The van der Waals surface area contributed by atoms with Gasteiger partial charge < -0.3 is 10.1 Å². The quantitative estimate of drug-likeness (QED) is 0.776. The lowest BCUT2D eigenvalue weighted by Crippen LogP contribution is -2.21. The van der Waals surface area contributed by atoms with Gasteiger partial charge in [0.2, 0.25) is 0 Å². The summed E-state index contributed by atoms with van der Waals surface area (Å²) in [5.41, 5.74) is 1.72. The first kappa shape index (κ1) is 19.3. The maximum Gasteiger partial charge on any atom is 0.339 e. The predicted octanol–water partition coefficient (Wildman–Crippen LogP) is 3.03. The van der Waals surface area contributed by atoms with E-state index in [0.717, 1.165) is 36.1 Å². The number of carbonyl (C=O) groups is 2. The Labute approximate surface area is 163 Å². The van der Waals surface area contributed by atoms with Gasteiger partial charge in [-0.3, -0.25) is 9.00 Å². The van der Waals surface area contributed by atoms with Crippen molar-refractivity contribution in [1.29, 1.82) is 5.26 Å². The third-order valence-electron chi connectivity index (χ3n) is 4.29. The van der Waals surface area contributed by atoms with Gasteiger partial charge in [-0.15, -0.1) is 11.3 Å². The maximum atomic E-state index is 12.2. The zero-order chi connectivity index (χ0) is 19.4. The van der Waals surface area contributed by atoms with E-state index in [-0.39, 0.29) is 5.56 Å². The SMILES string of the molecule is C[S@](=O)c1ccccc1C(=O)OCC(=O)Nc1sc2c(c1C#N)CCCC2. The molecule has 3 rings (SSSR count). The van der Waals surface area contributed by atoms with Crippen molar-refractivity contribution < 1.29 is 18.5 Å². The average molecular weight is 402 g/mol. The van der Waals surface area contributed by atoms with Crippen LogP contribution in [0.25, 0.3) is 0 Å². The second kappa shape index (κ2) is 8.46. The molecule has 140 valence electrons. The molecule has 6 nitrogen and oxygen atoms in total. The van der Waals surface area contributed by atoms with Crippen molar-refractivity contribution in [3.05, 3.63) is 45.8 Å². The number of anilines is 1. The molecular weight excluding hydrogens is 384 g/mol. The zero-order valence-corrected chi connectivity index (χ0v) is 16.4. The lowest BCUT2D eigenvalue weighted by Gasteiger charge is -2.09. The van der Waals surface area contributed by atoms with Gasteiger partial charge in [-0.05, 0) is 43.4 Å². The van der Waals surface area contributed by atoms with Crippen molar-refractivity contribution in [1.82, 2.24) is 0 Å². The molecule has 0 saturated heterocycles. The fraction of sp³-hybridized carbons (Fsp3) is 0.316. The predicted molar refractivity (Wildman–Crippen MR) is 103 cm³/mol. The van der Waals surface area contributed by atoms with E-state index < -0.39 is 29.3 Å². The third kappa shape index (κ3) is 4.26. The molecule has 0 unspecified atom stereocenters. The number of ether oxygens (including phenoxy) is 1. The maximum absolute atomic E-state index is 12.2. The van der Waals surface area contributed by atoms with Gasteiger partial charge in [-0.1, -0.05) is 12.1 Å². The number of hydrogen-bond donors (Lipinski definition) is 1. The van der Waals surface area contributed by atoms with Crippen LogP contribution in [0.15, 0.2) is 29.2 Å². The highest BCUT2D eigenvalue weighted by atomic mass is 32.2. The smallest absolute Gasteiger partial charge is 0.339 e. The number of nitrogens with one attached hydrogen (secondary N) is 1. The molecule has 1 amide bonds. The Morgan fingerprint density at radius 3 is 2.78 bits per heavy atom. The van der Waals surface area contributed by atoms with E-state index in [2.05, 4.69) is 11.4 Å². The van der Waals surface area contributed by atoms with Gasteiger partial charge in [0.05, 0.1) is 26.8 Å². The molecule has 1 aliphatic carbocycles. The third-order valence-corrected chi connectivity index (χ3v) is 6.47.